The van der Waals surface area contributed by atoms with Crippen LogP contribution in [0.15, 0.2) is 52.4 Å². The van der Waals surface area contributed by atoms with Gasteiger partial charge in [-0.05, 0) is 30.7 Å². The molecule has 1 amide bonds. The first-order valence-electron chi connectivity index (χ1n) is 7.94. The third kappa shape index (κ3) is 4.99. The molecule has 2 aromatic rings. The number of para-hydroxylation sites is 1. The standard InChI is InChI=1S/C18H21N5O3S/c1-11-9-10-13(15(24)14(11)18(25)23(2)3)21-16(19)17(22-27-26)20-12-7-5-4-6-8-12/h4-10,24,26H,1-3H3,(H2,19,21)(H,20,22). The summed E-state index contributed by atoms with van der Waals surface area (Å²) >= 11 is 0.322. The van der Waals surface area contributed by atoms with E-state index >= 15 is 0 Å². The highest BCUT2D eigenvalue weighted by Crippen LogP contribution is 2.33. The number of hydrogen-bond acceptors (Lipinski definition) is 6. The van der Waals surface area contributed by atoms with Gasteiger partial charge in [0.1, 0.15) is 17.9 Å². The fourth-order valence-corrected chi connectivity index (χ4v) is 2.49. The van der Waals surface area contributed by atoms with E-state index < -0.39 is 0 Å². The van der Waals surface area contributed by atoms with E-state index in [1.54, 1.807) is 57.4 Å². The van der Waals surface area contributed by atoms with Crippen molar-refractivity contribution in [1.29, 1.82) is 0 Å². The Balaban J connectivity index is 2.48. The van der Waals surface area contributed by atoms with Gasteiger partial charge in [-0.1, -0.05) is 24.3 Å². The highest BCUT2D eigenvalue weighted by molar-refractivity contribution is 7.92. The number of amidine groups is 2. The molecule has 5 N–H and O–H groups in total. The van der Waals surface area contributed by atoms with Gasteiger partial charge in [-0.15, -0.1) is 0 Å². The fraction of sp³-hybridized carbons (Fsp3) is 0.167. The maximum absolute atomic E-state index is 12.3. The number of benzene rings is 2. The van der Waals surface area contributed by atoms with Gasteiger partial charge >= 0.3 is 0 Å². The Hall–Kier alpha value is -3.04. The summed E-state index contributed by atoms with van der Waals surface area (Å²) in [6.45, 7) is 1.72. The molecule has 27 heavy (non-hydrogen) atoms. The number of phenols is 1. The van der Waals surface area contributed by atoms with E-state index in [1.807, 2.05) is 6.07 Å². The molecular weight excluding hydrogens is 366 g/mol. The van der Waals surface area contributed by atoms with Crippen LogP contribution in [0.2, 0.25) is 0 Å². The second kappa shape index (κ2) is 9.06. The maximum atomic E-state index is 12.3. The third-order valence-corrected chi connectivity index (χ3v) is 3.89. The van der Waals surface area contributed by atoms with Gasteiger partial charge in [0, 0.05) is 14.1 Å². The number of nitrogens with one attached hydrogen (secondary N) is 1. The van der Waals surface area contributed by atoms with E-state index in [0.29, 0.717) is 23.5 Å². The molecule has 9 heteroatoms. The SMILES string of the molecule is Cc1ccc(N=C(N)C(=Nc2ccccc2)NSO)c(O)c1C(=O)N(C)C. The fourth-order valence-electron chi connectivity index (χ4n) is 2.25. The minimum atomic E-state index is -0.345. The molecule has 0 heterocycles. The quantitative estimate of drug-likeness (QED) is 0.277. The first kappa shape index (κ1) is 20.3. The zero-order valence-corrected chi connectivity index (χ0v) is 16.0. The van der Waals surface area contributed by atoms with Crippen molar-refractivity contribution in [3.05, 3.63) is 53.6 Å². The largest absolute Gasteiger partial charge is 0.505 e. The van der Waals surface area contributed by atoms with E-state index in [-0.39, 0.29) is 34.6 Å². The van der Waals surface area contributed by atoms with Gasteiger partial charge in [0.05, 0.1) is 11.3 Å². The molecule has 0 radical (unpaired) electrons. The van der Waals surface area contributed by atoms with Crippen molar-refractivity contribution in [2.45, 2.75) is 6.92 Å². The molecule has 0 unspecified atom stereocenters. The molecule has 0 atom stereocenters. The summed E-state index contributed by atoms with van der Waals surface area (Å²) in [6, 6.07) is 12.2. The number of nitrogens with zero attached hydrogens (tertiary/aromatic N) is 3. The average molecular weight is 387 g/mol. The zero-order chi connectivity index (χ0) is 20.0. The molecule has 0 saturated heterocycles. The number of carbonyl (C=O) groups excluding carboxylic acids is 1. The smallest absolute Gasteiger partial charge is 0.257 e. The summed E-state index contributed by atoms with van der Waals surface area (Å²) in [7, 11) is 3.19. The number of rotatable bonds is 4. The minimum absolute atomic E-state index is 0.0668. The molecule has 0 aliphatic carbocycles. The van der Waals surface area contributed by atoms with E-state index in [9.17, 15) is 9.90 Å². The Labute approximate surface area is 161 Å². The Morgan fingerprint density at radius 2 is 1.81 bits per heavy atom. The molecule has 0 saturated carbocycles. The number of aliphatic imine (C=N–C) groups is 2. The van der Waals surface area contributed by atoms with Crippen LogP contribution < -0.4 is 10.5 Å². The van der Waals surface area contributed by atoms with Crippen LogP contribution in [0.25, 0.3) is 0 Å². The molecule has 2 rings (SSSR count). The van der Waals surface area contributed by atoms with Gasteiger partial charge in [0.2, 0.25) is 0 Å². The van der Waals surface area contributed by atoms with Crippen molar-refractivity contribution in [2.24, 2.45) is 15.7 Å². The molecule has 0 aromatic heterocycles. The van der Waals surface area contributed by atoms with Crippen molar-refractivity contribution in [3.63, 3.8) is 0 Å². The van der Waals surface area contributed by atoms with Crippen LogP contribution in [0.4, 0.5) is 11.4 Å². The maximum Gasteiger partial charge on any atom is 0.257 e. The lowest BCUT2D eigenvalue weighted by Crippen LogP contribution is -2.32. The predicted molar refractivity (Wildman–Crippen MR) is 109 cm³/mol. The molecule has 0 aliphatic heterocycles. The van der Waals surface area contributed by atoms with Crippen LogP contribution >= 0.6 is 12.2 Å². The minimum Gasteiger partial charge on any atom is -0.505 e. The lowest BCUT2D eigenvalue weighted by molar-refractivity contribution is 0.0824. The molecule has 0 aliphatic rings. The lowest BCUT2D eigenvalue weighted by atomic mass is 10.1. The monoisotopic (exact) mass is 387 g/mol. The van der Waals surface area contributed by atoms with Gasteiger partial charge in [-0.3, -0.25) is 9.52 Å². The van der Waals surface area contributed by atoms with E-state index in [0.717, 1.165) is 0 Å². The van der Waals surface area contributed by atoms with Gasteiger partial charge in [0.15, 0.2) is 17.4 Å². The van der Waals surface area contributed by atoms with Crippen molar-refractivity contribution in [1.82, 2.24) is 9.62 Å². The first-order chi connectivity index (χ1) is 12.8. The topological polar surface area (TPSA) is 124 Å². The Bertz CT molecular complexity index is 882. The van der Waals surface area contributed by atoms with Crippen molar-refractivity contribution >= 4 is 41.2 Å². The second-order valence-electron chi connectivity index (χ2n) is 5.81. The Morgan fingerprint density at radius 3 is 2.41 bits per heavy atom. The van der Waals surface area contributed by atoms with Gasteiger partial charge in [-0.25, -0.2) is 9.98 Å². The first-order valence-corrected chi connectivity index (χ1v) is 8.71. The zero-order valence-electron chi connectivity index (χ0n) is 15.2. The summed E-state index contributed by atoms with van der Waals surface area (Å²) < 4.78 is 11.7. The number of nitrogens with two attached hydrogens (primary N) is 1. The van der Waals surface area contributed by atoms with E-state index in [1.165, 1.54) is 4.90 Å². The molecule has 2 aromatic carbocycles. The number of aromatic hydroxyl groups is 1. The Kier molecular flexibility index (Phi) is 6.80. The molecule has 0 fully saturated rings. The van der Waals surface area contributed by atoms with Crippen LogP contribution in [0.5, 0.6) is 5.75 Å². The van der Waals surface area contributed by atoms with Crippen LogP contribution in [0.1, 0.15) is 15.9 Å². The number of amides is 1. The summed E-state index contributed by atoms with van der Waals surface area (Å²) in [4.78, 5) is 22.1. The van der Waals surface area contributed by atoms with E-state index in [2.05, 4.69) is 14.7 Å². The number of aryl methyl sites for hydroxylation is 1. The lowest BCUT2D eigenvalue weighted by Gasteiger charge is -2.15. The molecule has 142 valence electrons. The van der Waals surface area contributed by atoms with Crippen LogP contribution in [-0.2, 0) is 0 Å². The van der Waals surface area contributed by atoms with Gasteiger partial charge in [0.25, 0.3) is 5.91 Å². The van der Waals surface area contributed by atoms with Crippen molar-refractivity contribution < 1.29 is 14.5 Å². The highest BCUT2D eigenvalue weighted by Gasteiger charge is 2.19. The number of carbonyl (C=O) groups is 1. The van der Waals surface area contributed by atoms with E-state index in [4.69, 9.17) is 10.3 Å². The molecule has 0 bridgehead atoms. The van der Waals surface area contributed by atoms with Crippen LogP contribution in [0, 0.1) is 6.92 Å². The summed E-state index contributed by atoms with van der Waals surface area (Å²) in [6.07, 6.45) is 0. The highest BCUT2D eigenvalue weighted by atomic mass is 32.2. The third-order valence-electron chi connectivity index (χ3n) is 3.61. The summed E-state index contributed by atoms with van der Waals surface area (Å²) in [5.41, 5.74) is 7.49. The normalized spacial score (nSPS) is 12.0. The number of hydrogen-bond donors (Lipinski definition) is 4. The molecule has 0 spiro atoms. The average Bonchev–Trinajstić information content (AvgIpc) is 2.64. The predicted octanol–water partition coefficient (Wildman–Crippen LogP) is 2.83. The van der Waals surface area contributed by atoms with Crippen LogP contribution in [0.3, 0.4) is 0 Å². The van der Waals surface area contributed by atoms with Crippen molar-refractivity contribution in [2.75, 3.05) is 14.1 Å². The Morgan fingerprint density at radius 1 is 1.15 bits per heavy atom. The molecular formula is C18H21N5O3S. The molecule has 8 nitrogen and oxygen atoms in total. The van der Waals surface area contributed by atoms with Gasteiger partial charge in [-0.2, -0.15) is 0 Å². The van der Waals surface area contributed by atoms with Crippen molar-refractivity contribution in [3.8, 4) is 5.75 Å². The summed E-state index contributed by atoms with van der Waals surface area (Å²) in [5, 5.41) is 10.5. The second-order valence-corrected chi connectivity index (χ2v) is 6.20. The number of phenolic OH excluding ortho intramolecular Hbond substituents is 1. The van der Waals surface area contributed by atoms with Gasteiger partial charge < -0.3 is 20.3 Å². The van der Waals surface area contributed by atoms with Crippen LogP contribution in [-0.4, -0.2) is 46.2 Å². The summed E-state index contributed by atoms with van der Waals surface area (Å²) in [5.74, 6) is -0.577.